The highest BCUT2D eigenvalue weighted by Crippen LogP contribution is 2.24. The lowest BCUT2D eigenvalue weighted by Crippen LogP contribution is -2.39. The minimum Gasteiger partial charge on any atom is -0.467 e. The Hall–Kier alpha value is -2.40. The molecule has 5 heteroatoms. The van der Waals surface area contributed by atoms with Gasteiger partial charge < -0.3 is 15.1 Å². The molecule has 1 aromatic heterocycles. The molecule has 1 aliphatic heterocycles. The van der Waals surface area contributed by atoms with E-state index in [-0.39, 0.29) is 29.1 Å². The number of ketones is 1. The summed E-state index contributed by atoms with van der Waals surface area (Å²) in [4.78, 5) is 25.0. The number of benzene rings is 1. The standard InChI is InChI=1S/C21H26N2O3/c1-21(2,3)16-8-6-14(7-9-16)19(24)15-11-18(22-12-15)20(25)23-13-17-5-4-10-26-17/h4-10,15,18,22H,11-13H2,1-3H3,(H,23,25). The van der Waals surface area contributed by atoms with Gasteiger partial charge in [-0.2, -0.15) is 0 Å². The van der Waals surface area contributed by atoms with Gasteiger partial charge >= 0.3 is 0 Å². The maximum atomic E-state index is 12.7. The Kier molecular flexibility index (Phi) is 5.28. The van der Waals surface area contributed by atoms with Gasteiger partial charge in [0, 0.05) is 18.0 Å². The topological polar surface area (TPSA) is 71.3 Å². The lowest BCUT2D eigenvalue weighted by molar-refractivity contribution is -0.123. The molecule has 1 saturated heterocycles. The molecule has 0 radical (unpaired) electrons. The van der Waals surface area contributed by atoms with Crippen molar-refractivity contribution in [2.45, 2.75) is 45.2 Å². The summed E-state index contributed by atoms with van der Waals surface area (Å²) in [7, 11) is 0. The second-order valence-electron chi connectivity index (χ2n) is 7.88. The van der Waals surface area contributed by atoms with Gasteiger partial charge in [-0.1, -0.05) is 45.0 Å². The summed E-state index contributed by atoms with van der Waals surface area (Å²) in [6, 6.07) is 11.1. The molecule has 1 fully saturated rings. The van der Waals surface area contributed by atoms with Crippen molar-refractivity contribution in [3.8, 4) is 0 Å². The van der Waals surface area contributed by atoms with Crippen LogP contribution < -0.4 is 10.6 Å². The highest BCUT2D eigenvalue weighted by Gasteiger charge is 2.33. The van der Waals surface area contributed by atoms with E-state index in [4.69, 9.17) is 4.42 Å². The van der Waals surface area contributed by atoms with E-state index in [0.29, 0.717) is 30.8 Å². The lowest BCUT2D eigenvalue weighted by atomic mass is 9.85. The molecule has 3 rings (SSSR count). The number of carbonyl (C=O) groups is 2. The zero-order chi connectivity index (χ0) is 18.7. The van der Waals surface area contributed by atoms with Crippen LogP contribution in [0.5, 0.6) is 0 Å². The van der Waals surface area contributed by atoms with Crippen molar-refractivity contribution in [3.63, 3.8) is 0 Å². The highest BCUT2D eigenvalue weighted by atomic mass is 16.3. The van der Waals surface area contributed by atoms with E-state index in [1.807, 2.05) is 30.3 Å². The Morgan fingerprint density at radius 3 is 2.54 bits per heavy atom. The third kappa shape index (κ3) is 4.22. The van der Waals surface area contributed by atoms with Crippen LogP contribution in [-0.4, -0.2) is 24.3 Å². The second kappa shape index (κ2) is 7.46. The van der Waals surface area contributed by atoms with Gasteiger partial charge in [0.1, 0.15) is 5.76 Å². The van der Waals surface area contributed by atoms with E-state index in [1.54, 1.807) is 12.3 Å². The number of rotatable bonds is 5. The summed E-state index contributed by atoms with van der Waals surface area (Å²) in [6.45, 7) is 7.33. The van der Waals surface area contributed by atoms with E-state index < -0.39 is 0 Å². The monoisotopic (exact) mass is 354 g/mol. The van der Waals surface area contributed by atoms with Crippen LogP contribution in [0.15, 0.2) is 47.1 Å². The van der Waals surface area contributed by atoms with Crippen LogP contribution in [0, 0.1) is 5.92 Å². The van der Waals surface area contributed by atoms with E-state index in [1.165, 1.54) is 5.56 Å². The van der Waals surface area contributed by atoms with Gasteiger partial charge in [-0.25, -0.2) is 0 Å². The molecule has 2 heterocycles. The molecule has 138 valence electrons. The van der Waals surface area contributed by atoms with E-state index in [9.17, 15) is 9.59 Å². The normalized spacial score (nSPS) is 20.1. The third-order valence-corrected chi connectivity index (χ3v) is 4.87. The molecule has 2 N–H and O–H groups in total. The summed E-state index contributed by atoms with van der Waals surface area (Å²) in [5, 5.41) is 6.00. The molecule has 0 saturated carbocycles. The summed E-state index contributed by atoms with van der Waals surface area (Å²) in [5.74, 6) is 0.539. The number of furan rings is 1. The largest absolute Gasteiger partial charge is 0.467 e. The minimum atomic E-state index is -0.340. The maximum Gasteiger partial charge on any atom is 0.237 e. The van der Waals surface area contributed by atoms with Crippen molar-refractivity contribution >= 4 is 11.7 Å². The fraction of sp³-hybridized carbons (Fsp3) is 0.429. The van der Waals surface area contributed by atoms with Crippen molar-refractivity contribution in [2.24, 2.45) is 5.92 Å². The fourth-order valence-electron chi connectivity index (χ4n) is 3.22. The minimum absolute atomic E-state index is 0.0632. The first-order valence-electron chi connectivity index (χ1n) is 9.03. The summed E-state index contributed by atoms with van der Waals surface area (Å²) >= 11 is 0. The fourth-order valence-corrected chi connectivity index (χ4v) is 3.22. The van der Waals surface area contributed by atoms with Gasteiger partial charge in [0.25, 0.3) is 0 Å². The molecule has 2 aromatic rings. The Balaban J connectivity index is 1.56. The van der Waals surface area contributed by atoms with Crippen LogP contribution in [0.3, 0.4) is 0 Å². The predicted molar refractivity (Wildman–Crippen MR) is 99.9 cm³/mol. The number of nitrogens with one attached hydrogen (secondary N) is 2. The van der Waals surface area contributed by atoms with Gasteiger partial charge in [0.2, 0.25) is 5.91 Å². The molecule has 2 atom stereocenters. The van der Waals surface area contributed by atoms with Crippen LogP contribution in [0.1, 0.15) is 48.9 Å². The number of Topliss-reactive ketones (excluding diaryl/α,β-unsaturated/α-hetero) is 1. The zero-order valence-electron chi connectivity index (χ0n) is 15.5. The SMILES string of the molecule is CC(C)(C)c1ccc(C(=O)C2CNC(C(=O)NCc3ccco3)C2)cc1. The van der Waals surface area contributed by atoms with Gasteiger partial charge in [0.15, 0.2) is 5.78 Å². The Morgan fingerprint density at radius 2 is 1.92 bits per heavy atom. The molecule has 26 heavy (non-hydrogen) atoms. The van der Waals surface area contributed by atoms with Gasteiger partial charge in [-0.3, -0.25) is 9.59 Å². The van der Waals surface area contributed by atoms with Crippen molar-refractivity contribution in [2.75, 3.05) is 6.54 Å². The molecular weight excluding hydrogens is 328 g/mol. The van der Waals surface area contributed by atoms with Crippen molar-refractivity contribution < 1.29 is 14.0 Å². The summed E-state index contributed by atoms with van der Waals surface area (Å²) in [6.07, 6.45) is 2.10. The first-order valence-corrected chi connectivity index (χ1v) is 9.03. The number of hydrogen-bond acceptors (Lipinski definition) is 4. The van der Waals surface area contributed by atoms with Crippen LogP contribution in [0.2, 0.25) is 0 Å². The van der Waals surface area contributed by atoms with E-state index in [0.717, 1.165) is 0 Å². The quantitative estimate of drug-likeness (QED) is 0.810. The molecule has 0 aliphatic carbocycles. The molecule has 1 amide bonds. The number of hydrogen-bond donors (Lipinski definition) is 2. The molecular formula is C21H26N2O3. The lowest BCUT2D eigenvalue weighted by Gasteiger charge is -2.19. The van der Waals surface area contributed by atoms with Gasteiger partial charge in [0.05, 0.1) is 18.8 Å². The zero-order valence-corrected chi connectivity index (χ0v) is 15.5. The smallest absolute Gasteiger partial charge is 0.237 e. The van der Waals surface area contributed by atoms with Crippen LogP contribution >= 0.6 is 0 Å². The van der Waals surface area contributed by atoms with Crippen LogP contribution in [0.25, 0.3) is 0 Å². The number of amides is 1. The Bertz CT molecular complexity index is 758. The molecule has 1 aromatic carbocycles. The van der Waals surface area contributed by atoms with E-state index in [2.05, 4.69) is 31.4 Å². The highest BCUT2D eigenvalue weighted by molar-refractivity contribution is 5.99. The van der Waals surface area contributed by atoms with Gasteiger partial charge in [-0.15, -0.1) is 0 Å². The Morgan fingerprint density at radius 1 is 1.19 bits per heavy atom. The average molecular weight is 354 g/mol. The second-order valence-corrected chi connectivity index (χ2v) is 7.88. The van der Waals surface area contributed by atoms with Crippen molar-refractivity contribution in [1.29, 1.82) is 0 Å². The molecule has 5 nitrogen and oxygen atoms in total. The van der Waals surface area contributed by atoms with Crippen LogP contribution in [-0.2, 0) is 16.8 Å². The third-order valence-electron chi connectivity index (χ3n) is 4.87. The van der Waals surface area contributed by atoms with Gasteiger partial charge in [-0.05, 0) is 29.5 Å². The maximum absolute atomic E-state index is 12.7. The first kappa shape index (κ1) is 18.4. The van der Waals surface area contributed by atoms with E-state index >= 15 is 0 Å². The molecule has 0 spiro atoms. The van der Waals surface area contributed by atoms with Crippen LogP contribution in [0.4, 0.5) is 0 Å². The Labute approximate surface area is 154 Å². The van der Waals surface area contributed by atoms with Crippen molar-refractivity contribution in [3.05, 3.63) is 59.5 Å². The van der Waals surface area contributed by atoms with Crippen molar-refractivity contribution in [1.82, 2.24) is 10.6 Å². The number of carbonyl (C=O) groups excluding carboxylic acids is 2. The average Bonchev–Trinajstić information content (AvgIpc) is 3.30. The first-order chi connectivity index (χ1) is 12.3. The molecule has 1 aliphatic rings. The predicted octanol–water partition coefficient (Wildman–Crippen LogP) is 3.05. The summed E-state index contributed by atoms with van der Waals surface area (Å²) < 4.78 is 5.21. The molecule has 0 bridgehead atoms. The molecule has 2 unspecified atom stereocenters. The summed E-state index contributed by atoms with van der Waals surface area (Å²) in [5.41, 5.74) is 1.98.